The van der Waals surface area contributed by atoms with Crippen molar-refractivity contribution in [3.63, 3.8) is 0 Å². The first-order chi connectivity index (χ1) is 13.2. The van der Waals surface area contributed by atoms with Crippen LogP contribution in [0.25, 0.3) is 0 Å². The summed E-state index contributed by atoms with van der Waals surface area (Å²) in [6.07, 6.45) is -3.01. The van der Waals surface area contributed by atoms with Gasteiger partial charge in [0.05, 0.1) is 22.8 Å². The minimum Gasteiger partial charge on any atom is -0.331 e. The van der Waals surface area contributed by atoms with E-state index < -0.39 is 11.7 Å². The molecular weight excluding hydrogens is 434 g/mol. The molecule has 146 valence electrons. The van der Waals surface area contributed by atoms with Crippen LogP contribution in [0.5, 0.6) is 0 Å². The number of halogens is 5. The Bertz CT molecular complexity index is 1010. The second-order valence-corrected chi connectivity index (χ2v) is 6.92. The molecule has 0 unspecified atom stereocenters. The molecule has 3 aromatic rings. The first-order valence-electron chi connectivity index (χ1n) is 7.79. The first kappa shape index (κ1) is 20.4. The highest BCUT2D eigenvalue weighted by Crippen LogP contribution is 2.29. The van der Waals surface area contributed by atoms with Gasteiger partial charge in [-0.25, -0.2) is 9.67 Å². The summed E-state index contributed by atoms with van der Waals surface area (Å²) in [6, 6.07) is 9.91. The van der Waals surface area contributed by atoms with E-state index in [0.717, 1.165) is 12.1 Å². The normalized spacial score (nSPS) is 11.3. The number of anilines is 2. The summed E-state index contributed by atoms with van der Waals surface area (Å²) in [4.78, 5) is 4.04. The van der Waals surface area contributed by atoms with Crippen LogP contribution in [0, 0.1) is 0 Å². The lowest BCUT2D eigenvalue weighted by Crippen LogP contribution is -2.20. The van der Waals surface area contributed by atoms with Gasteiger partial charge >= 0.3 is 6.18 Å². The molecule has 5 nitrogen and oxygen atoms in total. The Kier molecular flexibility index (Phi) is 6.07. The lowest BCUT2D eigenvalue weighted by Gasteiger charge is -2.10. The Morgan fingerprint density at radius 2 is 1.89 bits per heavy atom. The van der Waals surface area contributed by atoms with Gasteiger partial charge in [0, 0.05) is 5.02 Å². The van der Waals surface area contributed by atoms with E-state index in [-0.39, 0.29) is 17.6 Å². The van der Waals surface area contributed by atoms with Crippen molar-refractivity contribution < 1.29 is 13.2 Å². The number of thiocarbonyl (C=S) groups is 1. The van der Waals surface area contributed by atoms with E-state index in [1.807, 2.05) is 0 Å². The van der Waals surface area contributed by atoms with Crippen LogP contribution in [-0.4, -0.2) is 19.9 Å². The van der Waals surface area contributed by atoms with Crippen LogP contribution < -0.4 is 10.6 Å². The molecule has 1 aromatic heterocycles. The van der Waals surface area contributed by atoms with Gasteiger partial charge in [0.15, 0.2) is 5.11 Å². The maximum absolute atomic E-state index is 12.8. The second kappa shape index (κ2) is 8.34. The van der Waals surface area contributed by atoms with Gasteiger partial charge in [0.1, 0.15) is 6.33 Å². The van der Waals surface area contributed by atoms with Gasteiger partial charge in [0.25, 0.3) is 0 Å². The summed E-state index contributed by atoms with van der Waals surface area (Å²) in [5.41, 5.74) is 0.278. The van der Waals surface area contributed by atoms with E-state index in [1.54, 1.807) is 24.3 Å². The molecule has 0 atom stereocenters. The number of hydrogen-bond acceptors (Lipinski definition) is 3. The van der Waals surface area contributed by atoms with E-state index >= 15 is 0 Å². The van der Waals surface area contributed by atoms with Crippen LogP contribution in [0.1, 0.15) is 11.1 Å². The summed E-state index contributed by atoms with van der Waals surface area (Å²) in [5, 5.41) is 10.9. The molecule has 0 fully saturated rings. The molecule has 0 saturated carbocycles. The van der Waals surface area contributed by atoms with Gasteiger partial charge in [-0.1, -0.05) is 35.3 Å². The minimum atomic E-state index is -4.40. The zero-order valence-electron chi connectivity index (χ0n) is 14.0. The predicted molar refractivity (Wildman–Crippen MR) is 107 cm³/mol. The maximum atomic E-state index is 12.8. The number of aromatic nitrogens is 3. The number of rotatable bonds is 4. The number of hydrogen-bond donors (Lipinski definition) is 2. The van der Waals surface area contributed by atoms with E-state index in [9.17, 15) is 13.2 Å². The van der Waals surface area contributed by atoms with E-state index in [1.165, 1.54) is 17.1 Å². The monoisotopic (exact) mass is 445 g/mol. The quantitative estimate of drug-likeness (QED) is 0.522. The standard InChI is InChI=1S/C17H12Cl2F3N5S/c18-12-4-5-14(13(19)7-12)24-16(28)25-15-23-9-27(26-15)8-10-2-1-3-11(6-10)17(20,21)22/h1-7,9H,8H2,(H2,24,25,26,28). The number of nitrogens with zero attached hydrogens (tertiary/aromatic N) is 3. The molecule has 11 heteroatoms. The van der Waals surface area contributed by atoms with Crippen molar-refractivity contribution in [3.8, 4) is 0 Å². The zero-order chi connectivity index (χ0) is 20.3. The second-order valence-electron chi connectivity index (χ2n) is 5.67. The highest BCUT2D eigenvalue weighted by Gasteiger charge is 2.30. The van der Waals surface area contributed by atoms with Gasteiger partial charge < -0.3 is 5.32 Å². The number of benzene rings is 2. The number of alkyl halides is 3. The SMILES string of the molecule is FC(F)(F)c1cccc(Cn2cnc(NC(=S)Nc3ccc(Cl)cc3Cl)n2)c1. The summed E-state index contributed by atoms with van der Waals surface area (Å²) in [6.45, 7) is 0.127. The Balaban J connectivity index is 1.63. The van der Waals surface area contributed by atoms with Crippen molar-refractivity contribution in [2.75, 3.05) is 10.6 Å². The van der Waals surface area contributed by atoms with Crippen LogP contribution in [0.3, 0.4) is 0 Å². The molecule has 0 amide bonds. The fraction of sp³-hybridized carbons (Fsp3) is 0.118. The molecule has 0 aliphatic rings. The van der Waals surface area contributed by atoms with Crippen molar-refractivity contribution in [1.29, 1.82) is 0 Å². The fourth-order valence-electron chi connectivity index (χ4n) is 2.31. The van der Waals surface area contributed by atoms with Crippen molar-refractivity contribution >= 4 is 52.2 Å². The van der Waals surface area contributed by atoms with Crippen molar-refractivity contribution in [2.45, 2.75) is 12.7 Å². The Labute approximate surface area is 173 Å². The third-order valence-electron chi connectivity index (χ3n) is 3.54. The number of nitrogens with one attached hydrogen (secondary N) is 2. The average molecular weight is 446 g/mol. The minimum absolute atomic E-state index is 0.127. The average Bonchev–Trinajstić information content (AvgIpc) is 3.03. The molecule has 0 aliphatic carbocycles. The smallest absolute Gasteiger partial charge is 0.331 e. The summed E-state index contributed by atoms with van der Waals surface area (Å²) < 4.78 is 39.8. The van der Waals surface area contributed by atoms with Crippen LogP contribution in [0.2, 0.25) is 10.0 Å². The summed E-state index contributed by atoms with van der Waals surface area (Å²) in [5.74, 6) is 0.189. The van der Waals surface area contributed by atoms with Crippen molar-refractivity contribution in [2.24, 2.45) is 0 Å². The molecular formula is C17H12Cl2F3N5S. The zero-order valence-corrected chi connectivity index (χ0v) is 16.3. The highest BCUT2D eigenvalue weighted by molar-refractivity contribution is 7.80. The topological polar surface area (TPSA) is 54.8 Å². The molecule has 2 N–H and O–H groups in total. The van der Waals surface area contributed by atoms with Crippen LogP contribution in [0.15, 0.2) is 48.8 Å². The lowest BCUT2D eigenvalue weighted by molar-refractivity contribution is -0.137. The van der Waals surface area contributed by atoms with Gasteiger partial charge in [-0.2, -0.15) is 13.2 Å². The Morgan fingerprint density at radius 3 is 2.61 bits per heavy atom. The maximum Gasteiger partial charge on any atom is 0.416 e. The molecule has 3 rings (SSSR count). The Hall–Kier alpha value is -2.36. The van der Waals surface area contributed by atoms with Gasteiger partial charge in [-0.15, -0.1) is 5.10 Å². The van der Waals surface area contributed by atoms with Crippen molar-refractivity contribution in [1.82, 2.24) is 14.8 Å². The lowest BCUT2D eigenvalue weighted by atomic mass is 10.1. The van der Waals surface area contributed by atoms with Gasteiger partial charge in [0.2, 0.25) is 5.95 Å². The first-order valence-corrected chi connectivity index (χ1v) is 8.96. The third kappa shape index (κ3) is 5.34. The molecule has 0 saturated heterocycles. The van der Waals surface area contributed by atoms with Crippen molar-refractivity contribution in [3.05, 3.63) is 70.0 Å². The molecule has 0 spiro atoms. The van der Waals surface area contributed by atoms with Gasteiger partial charge in [-0.3, -0.25) is 5.32 Å². The van der Waals surface area contributed by atoms with E-state index in [4.69, 9.17) is 35.4 Å². The largest absolute Gasteiger partial charge is 0.416 e. The van der Waals surface area contributed by atoms with E-state index in [0.29, 0.717) is 21.3 Å². The summed E-state index contributed by atoms with van der Waals surface area (Å²) >= 11 is 17.1. The highest BCUT2D eigenvalue weighted by atomic mass is 35.5. The molecule has 0 bridgehead atoms. The summed E-state index contributed by atoms with van der Waals surface area (Å²) in [7, 11) is 0. The predicted octanol–water partition coefficient (Wildman–Crippen LogP) is 5.46. The van der Waals surface area contributed by atoms with Crippen LogP contribution in [0.4, 0.5) is 24.8 Å². The van der Waals surface area contributed by atoms with Gasteiger partial charge in [-0.05, 0) is 48.1 Å². The van der Waals surface area contributed by atoms with Crippen LogP contribution in [-0.2, 0) is 12.7 Å². The molecule has 1 heterocycles. The third-order valence-corrected chi connectivity index (χ3v) is 4.29. The molecule has 2 aromatic carbocycles. The Morgan fingerprint density at radius 1 is 1.11 bits per heavy atom. The molecule has 0 aliphatic heterocycles. The molecule has 28 heavy (non-hydrogen) atoms. The fourth-order valence-corrected chi connectivity index (χ4v) is 2.96. The van der Waals surface area contributed by atoms with Crippen LogP contribution >= 0.6 is 35.4 Å². The van der Waals surface area contributed by atoms with E-state index in [2.05, 4.69) is 20.7 Å². The molecule has 0 radical (unpaired) electrons.